The summed E-state index contributed by atoms with van der Waals surface area (Å²) in [5, 5.41) is 0. The van der Waals surface area contributed by atoms with Crippen LogP contribution in [0.2, 0.25) is 0 Å². The number of benzene rings is 1. The summed E-state index contributed by atoms with van der Waals surface area (Å²) in [5.41, 5.74) is 6.81. The number of carbonyl (C=O) groups excluding carboxylic acids is 1. The lowest BCUT2D eigenvalue weighted by atomic mass is 10.0. The number of halogens is 2. The first-order valence-electron chi connectivity index (χ1n) is 7.46. The Hall–Kier alpha value is -1.17. The number of hydrogen-bond donors (Lipinski definition) is 1. The highest BCUT2D eigenvalue weighted by molar-refractivity contribution is 5.85. The Balaban J connectivity index is 0.00000242. The van der Waals surface area contributed by atoms with Crippen LogP contribution in [0.4, 0.5) is 4.39 Å². The number of morpholine rings is 1. The van der Waals surface area contributed by atoms with E-state index in [-0.39, 0.29) is 36.3 Å². The highest BCUT2D eigenvalue weighted by Gasteiger charge is 2.31. The van der Waals surface area contributed by atoms with Crippen LogP contribution in [0.15, 0.2) is 24.3 Å². The molecule has 1 heterocycles. The van der Waals surface area contributed by atoms with E-state index >= 15 is 0 Å². The van der Waals surface area contributed by atoms with Gasteiger partial charge in [-0.2, -0.15) is 0 Å². The number of nitrogens with zero attached hydrogens (tertiary/aromatic N) is 1. The van der Waals surface area contributed by atoms with Crippen molar-refractivity contribution in [2.75, 3.05) is 13.1 Å². The van der Waals surface area contributed by atoms with Gasteiger partial charge in [0, 0.05) is 6.54 Å². The average Bonchev–Trinajstić information content (AvgIpc) is 2.46. The van der Waals surface area contributed by atoms with Crippen LogP contribution in [-0.2, 0) is 9.53 Å². The van der Waals surface area contributed by atoms with Crippen molar-refractivity contribution in [1.29, 1.82) is 0 Å². The van der Waals surface area contributed by atoms with Crippen molar-refractivity contribution < 1.29 is 13.9 Å². The fourth-order valence-electron chi connectivity index (χ4n) is 2.66. The summed E-state index contributed by atoms with van der Waals surface area (Å²) >= 11 is 0. The van der Waals surface area contributed by atoms with Crippen molar-refractivity contribution in [3.63, 3.8) is 0 Å². The standard InChI is InChI=1S/C16H23FN2O2.ClH/c1-3-4-14(18)16(20)19-9-11(2)21-15(10-19)12-5-7-13(17)8-6-12;/h5-8,11,14-15H,3-4,9-10,18H2,1-2H3;1H. The van der Waals surface area contributed by atoms with Crippen molar-refractivity contribution in [3.8, 4) is 0 Å². The largest absolute Gasteiger partial charge is 0.367 e. The molecule has 1 aliphatic rings. The van der Waals surface area contributed by atoms with Gasteiger partial charge in [0.15, 0.2) is 0 Å². The Morgan fingerprint density at radius 2 is 2.05 bits per heavy atom. The summed E-state index contributed by atoms with van der Waals surface area (Å²) in [7, 11) is 0. The molecule has 3 atom stereocenters. The molecule has 0 aliphatic carbocycles. The molecule has 0 spiro atoms. The van der Waals surface area contributed by atoms with Gasteiger partial charge < -0.3 is 15.4 Å². The van der Waals surface area contributed by atoms with Gasteiger partial charge in [-0.15, -0.1) is 12.4 Å². The second-order valence-electron chi connectivity index (χ2n) is 5.63. The van der Waals surface area contributed by atoms with Crippen LogP contribution in [0.3, 0.4) is 0 Å². The zero-order valence-electron chi connectivity index (χ0n) is 13.0. The van der Waals surface area contributed by atoms with Crippen LogP contribution in [0.25, 0.3) is 0 Å². The second-order valence-corrected chi connectivity index (χ2v) is 5.63. The molecule has 0 aromatic heterocycles. The summed E-state index contributed by atoms with van der Waals surface area (Å²) in [6, 6.07) is 5.77. The Morgan fingerprint density at radius 3 is 2.64 bits per heavy atom. The predicted molar refractivity (Wildman–Crippen MR) is 86.4 cm³/mol. The molecule has 1 aliphatic heterocycles. The Labute approximate surface area is 137 Å². The maximum absolute atomic E-state index is 13.0. The first kappa shape index (κ1) is 18.9. The molecule has 1 aromatic carbocycles. The van der Waals surface area contributed by atoms with Crippen LogP contribution in [0.1, 0.15) is 38.4 Å². The number of carbonyl (C=O) groups is 1. The highest BCUT2D eigenvalue weighted by atomic mass is 35.5. The first-order chi connectivity index (χ1) is 10.0. The molecule has 4 nitrogen and oxygen atoms in total. The van der Waals surface area contributed by atoms with Gasteiger partial charge in [0.2, 0.25) is 5.91 Å². The van der Waals surface area contributed by atoms with E-state index in [2.05, 4.69) is 0 Å². The third kappa shape index (κ3) is 4.66. The van der Waals surface area contributed by atoms with E-state index in [4.69, 9.17) is 10.5 Å². The summed E-state index contributed by atoms with van der Waals surface area (Å²) in [4.78, 5) is 14.1. The Kier molecular flexibility index (Phi) is 7.26. The summed E-state index contributed by atoms with van der Waals surface area (Å²) in [6.45, 7) is 4.96. The number of amides is 1. The van der Waals surface area contributed by atoms with Gasteiger partial charge in [-0.25, -0.2) is 4.39 Å². The van der Waals surface area contributed by atoms with E-state index < -0.39 is 6.04 Å². The number of rotatable bonds is 4. The summed E-state index contributed by atoms with van der Waals surface area (Å²) in [5.74, 6) is -0.306. The van der Waals surface area contributed by atoms with Gasteiger partial charge in [-0.1, -0.05) is 25.5 Å². The number of nitrogens with two attached hydrogens (primary N) is 1. The average molecular weight is 331 g/mol. The topological polar surface area (TPSA) is 55.6 Å². The lowest BCUT2D eigenvalue weighted by Gasteiger charge is -2.38. The molecule has 0 radical (unpaired) electrons. The van der Waals surface area contributed by atoms with Crippen molar-refractivity contribution >= 4 is 18.3 Å². The smallest absolute Gasteiger partial charge is 0.239 e. The lowest BCUT2D eigenvalue weighted by Crippen LogP contribution is -2.51. The molecular formula is C16H24ClFN2O2. The van der Waals surface area contributed by atoms with Crippen LogP contribution >= 0.6 is 12.4 Å². The fourth-order valence-corrected chi connectivity index (χ4v) is 2.66. The van der Waals surface area contributed by atoms with Crippen molar-refractivity contribution in [1.82, 2.24) is 4.90 Å². The maximum atomic E-state index is 13.0. The quantitative estimate of drug-likeness (QED) is 0.923. The minimum atomic E-state index is -0.450. The van der Waals surface area contributed by atoms with Crippen LogP contribution in [0.5, 0.6) is 0 Å². The molecule has 0 saturated carbocycles. The third-order valence-electron chi connectivity index (χ3n) is 3.73. The Bertz CT molecular complexity index is 484. The normalized spacial score (nSPS) is 22.8. The third-order valence-corrected chi connectivity index (χ3v) is 3.73. The molecule has 1 saturated heterocycles. The molecule has 0 bridgehead atoms. The summed E-state index contributed by atoms with van der Waals surface area (Å²) < 4.78 is 18.9. The van der Waals surface area contributed by atoms with Gasteiger partial charge in [0.25, 0.3) is 0 Å². The van der Waals surface area contributed by atoms with Gasteiger partial charge in [0.05, 0.1) is 18.7 Å². The van der Waals surface area contributed by atoms with Crippen molar-refractivity contribution in [2.24, 2.45) is 5.73 Å². The van der Waals surface area contributed by atoms with E-state index in [1.54, 1.807) is 17.0 Å². The van der Waals surface area contributed by atoms with Gasteiger partial charge in [-0.05, 0) is 31.0 Å². The van der Waals surface area contributed by atoms with Crippen molar-refractivity contribution in [3.05, 3.63) is 35.6 Å². The SMILES string of the molecule is CCCC(N)C(=O)N1CC(C)OC(c2ccc(F)cc2)C1.Cl. The van der Waals surface area contributed by atoms with Gasteiger partial charge >= 0.3 is 0 Å². The van der Waals surface area contributed by atoms with E-state index in [1.165, 1.54) is 12.1 Å². The molecule has 2 N–H and O–H groups in total. The number of hydrogen-bond acceptors (Lipinski definition) is 3. The molecule has 22 heavy (non-hydrogen) atoms. The minimum Gasteiger partial charge on any atom is -0.367 e. The molecular weight excluding hydrogens is 307 g/mol. The van der Waals surface area contributed by atoms with E-state index in [0.717, 1.165) is 12.0 Å². The second kappa shape index (κ2) is 8.46. The molecule has 1 aromatic rings. The molecule has 124 valence electrons. The van der Waals surface area contributed by atoms with Crippen LogP contribution in [0, 0.1) is 5.82 Å². The highest BCUT2D eigenvalue weighted by Crippen LogP contribution is 2.25. The summed E-state index contributed by atoms with van der Waals surface area (Å²) in [6.07, 6.45) is 1.28. The molecule has 2 rings (SSSR count). The van der Waals surface area contributed by atoms with E-state index in [9.17, 15) is 9.18 Å². The molecule has 1 amide bonds. The molecule has 1 fully saturated rings. The monoisotopic (exact) mass is 330 g/mol. The number of ether oxygens (including phenoxy) is 1. The van der Waals surface area contributed by atoms with Crippen LogP contribution < -0.4 is 5.73 Å². The van der Waals surface area contributed by atoms with Gasteiger partial charge in [-0.3, -0.25) is 4.79 Å². The predicted octanol–water partition coefficient (Wildman–Crippen LogP) is 2.66. The van der Waals surface area contributed by atoms with Crippen LogP contribution in [-0.4, -0.2) is 36.0 Å². The molecule has 6 heteroatoms. The lowest BCUT2D eigenvalue weighted by molar-refractivity contribution is -0.146. The minimum absolute atomic E-state index is 0. The van der Waals surface area contributed by atoms with Crippen molar-refractivity contribution in [2.45, 2.75) is 44.9 Å². The molecule has 3 unspecified atom stereocenters. The zero-order valence-corrected chi connectivity index (χ0v) is 13.8. The fraction of sp³-hybridized carbons (Fsp3) is 0.562. The Morgan fingerprint density at radius 1 is 1.41 bits per heavy atom. The first-order valence-corrected chi connectivity index (χ1v) is 7.46. The maximum Gasteiger partial charge on any atom is 0.239 e. The van der Waals surface area contributed by atoms with E-state index in [0.29, 0.717) is 19.5 Å². The zero-order chi connectivity index (χ0) is 15.4. The van der Waals surface area contributed by atoms with E-state index in [1.807, 2.05) is 13.8 Å². The van der Waals surface area contributed by atoms with Gasteiger partial charge in [0.1, 0.15) is 11.9 Å².